The molecule has 0 radical (unpaired) electrons. The minimum absolute atomic E-state index is 0.996. The molecular formula is C15H30S. The Morgan fingerprint density at radius 3 is 2.31 bits per heavy atom. The molecular weight excluding hydrogens is 212 g/mol. The van der Waals surface area contributed by atoms with Gasteiger partial charge in [-0.05, 0) is 42.8 Å². The quantitative estimate of drug-likeness (QED) is 0.453. The fourth-order valence-electron chi connectivity index (χ4n) is 3.26. The Hall–Kier alpha value is 0.350. The molecule has 0 aromatic heterocycles. The Bertz CT molecular complexity index is 159. The van der Waals surface area contributed by atoms with Crippen LogP contribution in [0.3, 0.4) is 0 Å². The van der Waals surface area contributed by atoms with Crippen molar-refractivity contribution < 1.29 is 0 Å². The molecule has 0 amide bonds. The molecule has 0 aromatic carbocycles. The zero-order chi connectivity index (χ0) is 11.8. The first-order chi connectivity index (χ1) is 7.77. The van der Waals surface area contributed by atoms with Gasteiger partial charge in [-0.1, -0.05) is 52.4 Å². The average Bonchev–Trinajstić information content (AvgIpc) is 2.29. The summed E-state index contributed by atoms with van der Waals surface area (Å²) in [5.74, 6) is 4.14. The van der Waals surface area contributed by atoms with E-state index >= 15 is 0 Å². The van der Waals surface area contributed by atoms with Crippen LogP contribution in [-0.4, -0.2) is 5.75 Å². The van der Waals surface area contributed by atoms with Crippen molar-refractivity contribution in [1.29, 1.82) is 0 Å². The van der Waals surface area contributed by atoms with Crippen molar-refractivity contribution in [2.45, 2.75) is 71.6 Å². The zero-order valence-corrected chi connectivity index (χ0v) is 12.1. The molecule has 0 aliphatic heterocycles. The van der Waals surface area contributed by atoms with E-state index in [9.17, 15) is 0 Å². The molecule has 0 aromatic rings. The first-order valence-corrected chi connectivity index (χ1v) is 8.02. The van der Waals surface area contributed by atoms with E-state index in [4.69, 9.17) is 0 Å². The average molecular weight is 242 g/mol. The Kier molecular flexibility index (Phi) is 7.60. The van der Waals surface area contributed by atoms with Crippen molar-refractivity contribution in [3.63, 3.8) is 0 Å². The largest absolute Gasteiger partial charge is 0.179 e. The van der Waals surface area contributed by atoms with Gasteiger partial charge in [-0.15, -0.1) is 0 Å². The summed E-state index contributed by atoms with van der Waals surface area (Å²) in [5, 5.41) is 0. The monoisotopic (exact) mass is 242 g/mol. The van der Waals surface area contributed by atoms with Gasteiger partial charge < -0.3 is 0 Å². The molecule has 16 heavy (non-hydrogen) atoms. The molecule has 1 aliphatic rings. The van der Waals surface area contributed by atoms with Crippen molar-refractivity contribution in [2.75, 3.05) is 5.75 Å². The summed E-state index contributed by atoms with van der Waals surface area (Å²) in [4.78, 5) is 0. The van der Waals surface area contributed by atoms with Gasteiger partial charge in [-0.3, -0.25) is 0 Å². The van der Waals surface area contributed by atoms with Gasteiger partial charge in [0.1, 0.15) is 0 Å². The van der Waals surface area contributed by atoms with Crippen LogP contribution in [0.1, 0.15) is 71.6 Å². The Morgan fingerprint density at radius 2 is 1.75 bits per heavy atom. The molecule has 1 saturated carbocycles. The standard InChI is InChI=1S/C15H30S/c1-3-6-14(7-4-5-12-16)15-10-8-13(2)9-11-15/h13-16H,3-12H2,1-2H3. The Balaban J connectivity index is 2.30. The molecule has 1 unspecified atom stereocenters. The molecule has 1 fully saturated rings. The molecule has 96 valence electrons. The highest BCUT2D eigenvalue weighted by atomic mass is 32.1. The van der Waals surface area contributed by atoms with Gasteiger partial charge in [-0.2, -0.15) is 12.6 Å². The van der Waals surface area contributed by atoms with Crippen molar-refractivity contribution in [3.05, 3.63) is 0 Å². The van der Waals surface area contributed by atoms with Gasteiger partial charge in [0.2, 0.25) is 0 Å². The molecule has 1 rings (SSSR count). The summed E-state index contributed by atoms with van der Waals surface area (Å²) < 4.78 is 0. The molecule has 0 bridgehead atoms. The Morgan fingerprint density at radius 1 is 1.06 bits per heavy atom. The molecule has 1 aliphatic carbocycles. The van der Waals surface area contributed by atoms with Crippen LogP contribution in [0.15, 0.2) is 0 Å². The minimum atomic E-state index is 0.996. The first-order valence-electron chi connectivity index (χ1n) is 7.38. The minimum Gasteiger partial charge on any atom is -0.179 e. The van der Waals surface area contributed by atoms with E-state index in [1.165, 1.54) is 57.8 Å². The summed E-state index contributed by atoms with van der Waals surface area (Å²) in [6.07, 6.45) is 13.0. The number of hydrogen-bond donors (Lipinski definition) is 1. The maximum atomic E-state index is 4.31. The third-order valence-corrected chi connectivity index (χ3v) is 4.69. The highest BCUT2D eigenvalue weighted by molar-refractivity contribution is 7.80. The van der Waals surface area contributed by atoms with Crippen LogP contribution < -0.4 is 0 Å². The second-order valence-electron chi connectivity index (χ2n) is 5.79. The van der Waals surface area contributed by atoms with E-state index in [-0.39, 0.29) is 0 Å². The predicted molar refractivity (Wildman–Crippen MR) is 77.2 cm³/mol. The van der Waals surface area contributed by atoms with Crippen LogP contribution in [0, 0.1) is 17.8 Å². The van der Waals surface area contributed by atoms with Gasteiger partial charge in [0.25, 0.3) is 0 Å². The smallest absolute Gasteiger partial charge is 0.00979 e. The van der Waals surface area contributed by atoms with Gasteiger partial charge in [0.15, 0.2) is 0 Å². The van der Waals surface area contributed by atoms with Crippen LogP contribution in [0.4, 0.5) is 0 Å². The van der Waals surface area contributed by atoms with E-state index in [2.05, 4.69) is 26.5 Å². The number of thiol groups is 1. The van der Waals surface area contributed by atoms with E-state index in [0.29, 0.717) is 0 Å². The van der Waals surface area contributed by atoms with Gasteiger partial charge in [0, 0.05) is 0 Å². The third-order valence-electron chi connectivity index (χ3n) is 4.37. The first kappa shape index (κ1) is 14.4. The maximum Gasteiger partial charge on any atom is -0.00979 e. The summed E-state index contributed by atoms with van der Waals surface area (Å²) in [6.45, 7) is 4.77. The van der Waals surface area contributed by atoms with Gasteiger partial charge in [-0.25, -0.2) is 0 Å². The highest BCUT2D eigenvalue weighted by Crippen LogP contribution is 2.37. The summed E-state index contributed by atoms with van der Waals surface area (Å²) in [6, 6.07) is 0. The summed E-state index contributed by atoms with van der Waals surface area (Å²) in [7, 11) is 0. The zero-order valence-electron chi connectivity index (χ0n) is 11.3. The molecule has 0 spiro atoms. The lowest BCUT2D eigenvalue weighted by atomic mass is 9.73. The van der Waals surface area contributed by atoms with Crippen LogP contribution in [-0.2, 0) is 0 Å². The predicted octanol–water partition coefficient (Wildman–Crippen LogP) is 5.33. The summed E-state index contributed by atoms with van der Waals surface area (Å²) in [5.41, 5.74) is 0. The van der Waals surface area contributed by atoms with Gasteiger partial charge >= 0.3 is 0 Å². The molecule has 1 atom stereocenters. The normalized spacial score (nSPS) is 27.9. The number of rotatable bonds is 7. The molecule has 0 N–H and O–H groups in total. The number of unbranched alkanes of at least 4 members (excludes halogenated alkanes) is 1. The van der Waals surface area contributed by atoms with Crippen LogP contribution in [0.2, 0.25) is 0 Å². The lowest BCUT2D eigenvalue weighted by Crippen LogP contribution is -2.21. The summed E-state index contributed by atoms with van der Waals surface area (Å²) >= 11 is 4.31. The molecule has 0 nitrogen and oxygen atoms in total. The van der Waals surface area contributed by atoms with Gasteiger partial charge in [0.05, 0.1) is 0 Å². The van der Waals surface area contributed by atoms with Crippen molar-refractivity contribution in [2.24, 2.45) is 17.8 Å². The molecule has 0 saturated heterocycles. The van der Waals surface area contributed by atoms with Crippen LogP contribution >= 0.6 is 12.6 Å². The maximum absolute atomic E-state index is 4.31. The fourth-order valence-corrected chi connectivity index (χ4v) is 3.49. The van der Waals surface area contributed by atoms with Crippen LogP contribution in [0.5, 0.6) is 0 Å². The second kappa shape index (κ2) is 8.44. The lowest BCUT2D eigenvalue weighted by Gasteiger charge is -2.33. The topological polar surface area (TPSA) is 0 Å². The van der Waals surface area contributed by atoms with E-state index in [1.54, 1.807) is 0 Å². The SMILES string of the molecule is CCCC(CCCCS)C1CCC(C)CC1. The second-order valence-corrected chi connectivity index (χ2v) is 6.24. The van der Waals surface area contributed by atoms with E-state index < -0.39 is 0 Å². The Labute approximate surface area is 108 Å². The van der Waals surface area contributed by atoms with E-state index in [0.717, 1.165) is 23.5 Å². The fraction of sp³-hybridized carbons (Fsp3) is 1.00. The van der Waals surface area contributed by atoms with Crippen molar-refractivity contribution in [3.8, 4) is 0 Å². The van der Waals surface area contributed by atoms with Crippen molar-refractivity contribution >= 4 is 12.6 Å². The highest BCUT2D eigenvalue weighted by Gasteiger charge is 2.24. The lowest BCUT2D eigenvalue weighted by molar-refractivity contribution is 0.191. The molecule has 1 heteroatoms. The van der Waals surface area contributed by atoms with Crippen molar-refractivity contribution in [1.82, 2.24) is 0 Å². The molecule has 0 heterocycles. The van der Waals surface area contributed by atoms with Crippen LogP contribution in [0.25, 0.3) is 0 Å². The van der Waals surface area contributed by atoms with E-state index in [1.807, 2.05) is 0 Å². The number of hydrogen-bond acceptors (Lipinski definition) is 1. The third kappa shape index (κ3) is 5.12.